The fourth-order valence-corrected chi connectivity index (χ4v) is 4.45. The molecule has 0 aromatic heterocycles. The first kappa shape index (κ1) is 22.0. The number of halogens is 1. The summed E-state index contributed by atoms with van der Waals surface area (Å²) >= 11 is 3.30. The number of hydrogen-bond donors (Lipinski definition) is 2. The zero-order valence-corrected chi connectivity index (χ0v) is 19.0. The van der Waals surface area contributed by atoms with E-state index in [1.54, 1.807) is 36.4 Å². The summed E-state index contributed by atoms with van der Waals surface area (Å²) in [6, 6.07) is 9.93. The van der Waals surface area contributed by atoms with Crippen molar-refractivity contribution in [3.63, 3.8) is 0 Å². The van der Waals surface area contributed by atoms with Crippen molar-refractivity contribution in [1.82, 2.24) is 4.90 Å². The quantitative estimate of drug-likeness (QED) is 0.593. The molecule has 0 aliphatic carbocycles. The average molecular weight is 499 g/mol. The van der Waals surface area contributed by atoms with Gasteiger partial charge in [-0.15, -0.1) is 0 Å². The number of nitrogens with one attached hydrogen (secondary N) is 1. The zero-order valence-electron chi connectivity index (χ0n) is 17.4. The van der Waals surface area contributed by atoms with E-state index in [0.29, 0.717) is 26.9 Å². The van der Waals surface area contributed by atoms with Gasteiger partial charge in [-0.2, -0.15) is 0 Å². The topological polar surface area (TPSA) is 113 Å². The van der Waals surface area contributed by atoms with Gasteiger partial charge in [-0.3, -0.25) is 24.1 Å². The van der Waals surface area contributed by atoms with Crippen LogP contribution in [0.25, 0.3) is 0 Å². The van der Waals surface area contributed by atoms with Crippen molar-refractivity contribution < 1.29 is 19.2 Å². The van der Waals surface area contributed by atoms with Crippen LogP contribution in [0.3, 0.4) is 0 Å². The normalized spacial score (nSPS) is 15.7. The lowest BCUT2D eigenvalue weighted by atomic mass is 10.1. The molecular weight excluding hydrogens is 476 g/mol. The standard InChI is InChI=1S/C23H23BrN4O4/c24-15-5-6-16-17(13-15)23(32)28(22(16)31)11-8-20(29)26-18-12-14(21(25)30)4-7-19(18)27-9-2-1-3-10-27/h4-7,12-13H,1-3,8-11H2,(H2,25,30)(H,26,29). The molecule has 0 bridgehead atoms. The average Bonchev–Trinajstić information content (AvgIpc) is 3.01. The number of amides is 4. The van der Waals surface area contributed by atoms with E-state index in [9.17, 15) is 19.2 Å². The Bertz CT molecular complexity index is 1110. The fourth-order valence-electron chi connectivity index (χ4n) is 4.09. The van der Waals surface area contributed by atoms with Gasteiger partial charge >= 0.3 is 0 Å². The number of fused-ring (bicyclic) bond motifs is 1. The summed E-state index contributed by atoms with van der Waals surface area (Å²) in [5.41, 5.74) is 7.70. The van der Waals surface area contributed by atoms with E-state index in [1.165, 1.54) is 0 Å². The molecule has 166 valence electrons. The number of hydrogen-bond acceptors (Lipinski definition) is 5. The van der Waals surface area contributed by atoms with Gasteiger partial charge in [0.2, 0.25) is 11.8 Å². The molecule has 0 atom stereocenters. The largest absolute Gasteiger partial charge is 0.370 e. The van der Waals surface area contributed by atoms with Gasteiger partial charge in [0.1, 0.15) is 0 Å². The van der Waals surface area contributed by atoms with Crippen LogP contribution in [0, 0.1) is 0 Å². The van der Waals surface area contributed by atoms with E-state index >= 15 is 0 Å². The van der Waals surface area contributed by atoms with Crippen LogP contribution in [0.1, 0.15) is 56.8 Å². The lowest BCUT2D eigenvalue weighted by Gasteiger charge is -2.30. The van der Waals surface area contributed by atoms with Gasteiger partial charge in [-0.1, -0.05) is 15.9 Å². The molecule has 2 aliphatic rings. The van der Waals surface area contributed by atoms with E-state index in [-0.39, 0.29) is 18.9 Å². The second-order valence-electron chi connectivity index (χ2n) is 7.89. The van der Waals surface area contributed by atoms with Crippen LogP contribution in [0.15, 0.2) is 40.9 Å². The second-order valence-corrected chi connectivity index (χ2v) is 8.81. The zero-order chi connectivity index (χ0) is 22.8. The Morgan fingerprint density at radius 3 is 2.41 bits per heavy atom. The molecule has 4 amide bonds. The molecule has 3 N–H and O–H groups in total. The van der Waals surface area contributed by atoms with E-state index in [2.05, 4.69) is 26.1 Å². The van der Waals surface area contributed by atoms with Gasteiger partial charge < -0.3 is 16.0 Å². The fraction of sp³-hybridized carbons (Fsp3) is 0.304. The van der Waals surface area contributed by atoms with Gasteiger partial charge in [0.15, 0.2) is 0 Å². The van der Waals surface area contributed by atoms with Crippen molar-refractivity contribution in [1.29, 1.82) is 0 Å². The third-order valence-electron chi connectivity index (χ3n) is 5.75. The molecule has 0 radical (unpaired) electrons. The Morgan fingerprint density at radius 2 is 1.69 bits per heavy atom. The maximum Gasteiger partial charge on any atom is 0.261 e. The molecule has 2 aromatic carbocycles. The molecule has 8 nitrogen and oxygen atoms in total. The maximum atomic E-state index is 12.7. The minimum atomic E-state index is -0.581. The smallest absolute Gasteiger partial charge is 0.261 e. The number of nitrogens with zero attached hydrogens (tertiary/aromatic N) is 2. The summed E-state index contributed by atoms with van der Waals surface area (Å²) in [5.74, 6) is -1.76. The number of rotatable bonds is 6. The molecule has 0 unspecified atom stereocenters. The minimum Gasteiger partial charge on any atom is -0.370 e. The van der Waals surface area contributed by atoms with Crippen molar-refractivity contribution in [2.45, 2.75) is 25.7 Å². The number of carbonyl (C=O) groups is 4. The van der Waals surface area contributed by atoms with Crippen molar-refractivity contribution >= 4 is 50.9 Å². The van der Waals surface area contributed by atoms with Gasteiger partial charge in [0.25, 0.3) is 11.8 Å². The molecule has 1 saturated heterocycles. The van der Waals surface area contributed by atoms with Gasteiger partial charge in [0, 0.05) is 36.1 Å². The van der Waals surface area contributed by atoms with E-state index in [0.717, 1.165) is 42.9 Å². The Kier molecular flexibility index (Phi) is 6.27. The Labute approximate surface area is 193 Å². The van der Waals surface area contributed by atoms with Crippen LogP contribution < -0.4 is 16.0 Å². The van der Waals surface area contributed by atoms with E-state index < -0.39 is 17.7 Å². The Hall–Kier alpha value is -3.20. The Morgan fingerprint density at radius 1 is 0.969 bits per heavy atom. The van der Waals surface area contributed by atoms with Gasteiger partial charge in [-0.25, -0.2) is 0 Å². The molecule has 32 heavy (non-hydrogen) atoms. The van der Waals surface area contributed by atoms with Crippen LogP contribution >= 0.6 is 15.9 Å². The van der Waals surface area contributed by atoms with Crippen LogP contribution in [0.2, 0.25) is 0 Å². The lowest BCUT2D eigenvalue weighted by Crippen LogP contribution is -2.33. The number of primary amides is 1. The molecule has 1 fully saturated rings. The van der Waals surface area contributed by atoms with Crippen LogP contribution in [0.4, 0.5) is 11.4 Å². The molecule has 0 saturated carbocycles. The third-order valence-corrected chi connectivity index (χ3v) is 6.24. The molecule has 9 heteroatoms. The van der Waals surface area contributed by atoms with Crippen LogP contribution in [-0.4, -0.2) is 48.2 Å². The lowest BCUT2D eigenvalue weighted by molar-refractivity contribution is -0.116. The first-order chi connectivity index (χ1) is 15.3. The number of imide groups is 1. The summed E-state index contributed by atoms with van der Waals surface area (Å²) in [4.78, 5) is 52.8. The minimum absolute atomic E-state index is 0.0373. The molecular formula is C23H23BrN4O4. The van der Waals surface area contributed by atoms with Crippen molar-refractivity contribution in [2.24, 2.45) is 5.73 Å². The van der Waals surface area contributed by atoms with Crippen LogP contribution in [0.5, 0.6) is 0 Å². The molecule has 4 rings (SSSR count). The molecule has 0 spiro atoms. The summed E-state index contributed by atoms with van der Waals surface area (Å²) in [7, 11) is 0. The highest BCUT2D eigenvalue weighted by Crippen LogP contribution is 2.30. The third kappa shape index (κ3) is 4.38. The highest BCUT2D eigenvalue weighted by Gasteiger charge is 2.35. The highest BCUT2D eigenvalue weighted by atomic mass is 79.9. The molecule has 2 aliphatic heterocycles. The number of carbonyl (C=O) groups excluding carboxylic acids is 4. The first-order valence-electron chi connectivity index (χ1n) is 10.5. The predicted molar refractivity (Wildman–Crippen MR) is 124 cm³/mol. The second kappa shape index (κ2) is 9.12. The predicted octanol–water partition coefficient (Wildman–Crippen LogP) is 3.16. The van der Waals surface area contributed by atoms with Gasteiger partial charge in [0.05, 0.1) is 22.5 Å². The monoisotopic (exact) mass is 498 g/mol. The summed E-state index contributed by atoms with van der Waals surface area (Å²) in [5, 5.41) is 2.84. The summed E-state index contributed by atoms with van der Waals surface area (Å²) in [6.45, 7) is 1.69. The SMILES string of the molecule is NC(=O)c1ccc(N2CCCCC2)c(NC(=O)CCN2C(=O)c3ccc(Br)cc3C2=O)c1. The maximum absolute atomic E-state index is 12.7. The van der Waals surface area contributed by atoms with E-state index in [4.69, 9.17) is 5.73 Å². The van der Waals surface area contributed by atoms with Gasteiger partial charge in [-0.05, 0) is 55.7 Å². The van der Waals surface area contributed by atoms with Crippen molar-refractivity contribution in [3.8, 4) is 0 Å². The number of piperidine rings is 1. The summed E-state index contributed by atoms with van der Waals surface area (Å²) < 4.78 is 0.705. The molecule has 2 heterocycles. The highest BCUT2D eigenvalue weighted by molar-refractivity contribution is 9.10. The molecule has 2 aromatic rings. The first-order valence-corrected chi connectivity index (χ1v) is 11.3. The van der Waals surface area contributed by atoms with Crippen molar-refractivity contribution in [3.05, 3.63) is 57.6 Å². The number of benzene rings is 2. The van der Waals surface area contributed by atoms with Crippen molar-refractivity contribution in [2.75, 3.05) is 29.9 Å². The van der Waals surface area contributed by atoms with E-state index in [1.807, 2.05) is 0 Å². The summed E-state index contributed by atoms with van der Waals surface area (Å²) in [6.07, 6.45) is 3.21. The number of nitrogens with two attached hydrogens (primary N) is 1. The number of anilines is 2. The van der Waals surface area contributed by atoms with Crippen LogP contribution in [-0.2, 0) is 4.79 Å². The Balaban J connectivity index is 1.47.